The number of hydrogen-bond donors (Lipinski definition) is 0. The molecule has 0 radical (unpaired) electrons. The van der Waals surface area contributed by atoms with Crippen molar-refractivity contribution in [1.82, 2.24) is 14.7 Å². The Morgan fingerprint density at radius 1 is 1.13 bits per heavy atom. The smallest absolute Gasteiger partial charge is 0.263 e. The molecule has 0 unspecified atom stereocenters. The number of likely N-dealkylation sites (N-methyl/N-ethyl adjacent to an activating group) is 1. The molecule has 5 heteroatoms. The van der Waals surface area contributed by atoms with Crippen molar-refractivity contribution in [2.75, 3.05) is 52.4 Å². The molecule has 0 aliphatic carbocycles. The van der Waals surface area contributed by atoms with Crippen LogP contribution in [-0.2, 0) is 0 Å². The summed E-state index contributed by atoms with van der Waals surface area (Å²) in [7, 11) is 0. The van der Waals surface area contributed by atoms with Crippen LogP contribution < -0.4 is 0 Å². The van der Waals surface area contributed by atoms with E-state index >= 15 is 0 Å². The Hall–Kier alpha value is -0.910. The van der Waals surface area contributed by atoms with Gasteiger partial charge in [-0.25, -0.2) is 0 Å². The molecule has 0 N–H and O–H groups in total. The largest absolute Gasteiger partial charge is 0.337 e. The van der Waals surface area contributed by atoms with Crippen LogP contribution in [-0.4, -0.2) is 73.0 Å². The zero-order valence-electron chi connectivity index (χ0n) is 15.1. The molecule has 23 heavy (non-hydrogen) atoms. The van der Waals surface area contributed by atoms with Gasteiger partial charge in [0.15, 0.2) is 0 Å². The molecule has 1 fully saturated rings. The molecule has 0 atom stereocenters. The third-order valence-corrected chi connectivity index (χ3v) is 5.90. The topological polar surface area (TPSA) is 26.8 Å². The van der Waals surface area contributed by atoms with E-state index in [1.807, 2.05) is 11.0 Å². The van der Waals surface area contributed by atoms with Crippen molar-refractivity contribution in [3.05, 3.63) is 21.4 Å². The van der Waals surface area contributed by atoms with E-state index in [2.05, 4.69) is 37.5 Å². The summed E-state index contributed by atoms with van der Waals surface area (Å²) in [5.74, 6) is 0.209. The van der Waals surface area contributed by atoms with Gasteiger partial charge in [0.25, 0.3) is 5.91 Å². The third-order valence-electron chi connectivity index (χ3n) is 4.76. The average Bonchev–Trinajstić information content (AvgIpc) is 2.90. The van der Waals surface area contributed by atoms with E-state index in [1.54, 1.807) is 11.3 Å². The lowest BCUT2D eigenvalue weighted by Crippen LogP contribution is -2.48. The molecule has 1 aromatic rings. The molecule has 0 spiro atoms. The summed E-state index contributed by atoms with van der Waals surface area (Å²) >= 11 is 1.63. The van der Waals surface area contributed by atoms with Crippen LogP contribution >= 0.6 is 11.3 Å². The molecule has 2 rings (SSSR count). The summed E-state index contributed by atoms with van der Waals surface area (Å²) in [4.78, 5) is 21.9. The number of carbonyl (C=O) groups excluding carboxylic acids is 1. The molecular formula is C18H31N3OS. The van der Waals surface area contributed by atoms with Crippen LogP contribution in [0.2, 0.25) is 0 Å². The Morgan fingerprint density at radius 2 is 1.78 bits per heavy atom. The van der Waals surface area contributed by atoms with E-state index in [0.29, 0.717) is 0 Å². The minimum Gasteiger partial charge on any atom is -0.337 e. The third kappa shape index (κ3) is 5.03. The zero-order valence-corrected chi connectivity index (χ0v) is 15.9. The summed E-state index contributed by atoms with van der Waals surface area (Å²) < 4.78 is 0. The average molecular weight is 338 g/mol. The van der Waals surface area contributed by atoms with Crippen molar-refractivity contribution in [3.63, 3.8) is 0 Å². The monoisotopic (exact) mass is 337 g/mol. The minimum atomic E-state index is 0.209. The van der Waals surface area contributed by atoms with E-state index in [4.69, 9.17) is 0 Å². The minimum absolute atomic E-state index is 0.209. The predicted octanol–water partition coefficient (Wildman–Crippen LogP) is 2.85. The van der Waals surface area contributed by atoms with Gasteiger partial charge in [0, 0.05) is 50.7 Å². The first-order chi connectivity index (χ1) is 11.0. The van der Waals surface area contributed by atoms with Crippen LogP contribution in [0.25, 0.3) is 0 Å². The van der Waals surface area contributed by atoms with E-state index in [-0.39, 0.29) is 5.91 Å². The summed E-state index contributed by atoms with van der Waals surface area (Å²) in [5, 5.41) is 0. The van der Waals surface area contributed by atoms with Crippen LogP contribution in [0, 0.1) is 13.8 Å². The van der Waals surface area contributed by atoms with Gasteiger partial charge < -0.3 is 9.80 Å². The number of hydrogen-bond acceptors (Lipinski definition) is 4. The van der Waals surface area contributed by atoms with Crippen LogP contribution in [0.5, 0.6) is 0 Å². The van der Waals surface area contributed by atoms with Gasteiger partial charge in [-0.3, -0.25) is 9.69 Å². The number of amides is 1. The molecule has 4 nitrogen and oxygen atoms in total. The van der Waals surface area contributed by atoms with Crippen molar-refractivity contribution >= 4 is 17.2 Å². The molecule has 1 saturated heterocycles. The highest BCUT2D eigenvalue weighted by atomic mass is 32.1. The van der Waals surface area contributed by atoms with Crippen molar-refractivity contribution in [1.29, 1.82) is 0 Å². The molecule has 130 valence electrons. The van der Waals surface area contributed by atoms with Gasteiger partial charge in [-0.2, -0.15) is 0 Å². The standard InChI is InChI=1S/C18H31N3OS/c1-5-7-21(18(22)17-14-15(3)16(4)23-17)13-12-20-10-8-19(6-2)9-11-20/h14H,5-13H2,1-4H3. The van der Waals surface area contributed by atoms with Crippen molar-refractivity contribution in [2.24, 2.45) is 0 Å². The number of piperazine rings is 1. The maximum atomic E-state index is 12.8. The number of nitrogens with zero attached hydrogens (tertiary/aromatic N) is 3. The first-order valence-corrected chi connectivity index (χ1v) is 9.67. The van der Waals surface area contributed by atoms with Crippen LogP contribution in [0.4, 0.5) is 0 Å². The summed E-state index contributed by atoms with van der Waals surface area (Å²) in [6.07, 6.45) is 1.01. The van der Waals surface area contributed by atoms with Crippen molar-refractivity contribution in [3.8, 4) is 0 Å². The van der Waals surface area contributed by atoms with Crippen molar-refractivity contribution < 1.29 is 4.79 Å². The maximum absolute atomic E-state index is 12.8. The molecule has 1 aromatic heterocycles. The zero-order chi connectivity index (χ0) is 16.8. The Bertz CT molecular complexity index is 487. The fourth-order valence-corrected chi connectivity index (χ4v) is 4.01. The SMILES string of the molecule is CCCN(CCN1CCN(CC)CC1)C(=O)c1cc(C)c(C)s1. The molecule has 1 amide bonds. The Labute approximate surface area is 145 Å². The van der Waals surface area contributed by atoms with Gasteiger partial charge in [-0.05, 0) is 38.4 Å². The highest BCUT2D eigenvalue weighted by Crippen LogP contribution is 2.22. The number of aryl methyl sites for hydroxylation is 2. The molecular weight excluding hydrogens is 306 g/mol. The van der Waals surface area contributed by atoms with E-state index in [1.165, 1.54) is 10.4 Å². The Kier molecular flexibility index (Phi) is 7.06. The summed E-state index contributed by atoms with van der Waals surface area (Å²) in [6, 6.07) is 2.05. The van der Waals surface area contributed by atoms with Gasteiger partial charge >= 0.3 is 0 Å². The van der Waals surface area contributed by atoms with Crippen LogP contribution in [0.15, 0.2) is 6.07 Å². The van der Waals surface area contributed by atoms with Gasteiger partial charge in [0.2, 0.25) is 0 Å². The normalized spacial score (nSPS) is 16.7. The highest BCUT2D eigenvalue weighted by molar-refractivity contribution is 7.14. The maximum Gasteiger partial charge on any atom is 0.263 e. The van der Waals surface area contributed by atoms with Gasteiger partial charge in [-0.15, -0.1) is 11.3 Å². The number of rotatable bonds is 7. The summed E-state index contributed by atoms with van der Waals surface area (Å²) in [5.41, 5.74) is 1.23. The van der Waals surface area contributed by atoms with Crippen LogP contribution in [0.3, 0.4) is 0 Å². The molecule has 1 aliphatic heterocycles. The number of thiophene rings is 1. The first-order valence-electron chi connectivity index (χ1n) is 8.86. The summed E-state index contributed by atoms with van der Waals surface area (Å²) in [6.45, 7) is 16.9. The van der Waals surface area contributed by atoms with Gasteiger partial charge in [-0.1, -0.05) is 13.8 Å². The van der Waals surface area contributed by atoms with E-state index in [0.717, 1.165) is 63.7 Å². The Balaban J connectivity index is 1.89. The Morgan fingerprint density at radius 3 is 2.30 bits per heavy atom. The quantitative estimate of drug-likeness (QED) is 0.765. The molecule has 0 saturated carbocycles. The highest BCUT2D eigenvalue weighted by Gasteiger charge is 2.20. The molecule has 1 aliphatic rings. The van der Waals surface area contributed by atoms with Gasteiger partial charge in [0.05, 0.1) is 4.88 Å². The fraction of sp³-hybridized carbons (Fsp3) is 0.722. The lowest BCUT2D eigenvalue weighted by atomic mass is 10.2. The molecule has 0 aromatic carbocycles. The van der Waals surface area contributed by atoms with E-state index in [9.17, 15) is 4.79 Å². The second-order valence-corrected chi connectivity index (χ2v) is 7.67. The lowest BCUT2D eigenvalue weighted by Gasteiger charge is -2.35. The fourth-order valence-electron chi connectivity index (χ4n) is 3.01. The van der Waals surface area contributed by atoms with E-state index < -0.39 is 0 Å². The molecule has 2 heterocycles. The van der Waals surface area contributed by atoms with Gasteiger partial charge in [0.1, 0.15) is 0 Å². The second-order valence-electron chi connectivity index (χ2n) is 6.42. The first kappa shape index (κ1) is 18.4. The van der Waals surface area contributed by atoms with Crippen molar-refractivity contribution in [2.45, 2.75) is 34.1 Å². The second kappa shape index (κ2) is 8.81. The lowest BCUT2D eigenvalue weighted by molar-refractivity contribution is 0.0713. The van der Waals surface area contributed by atoms with Crippen LogP contribution in [0.1, 0.15) is 40.4 Å². The molecule has 0 bridgehead atoms. The predicted molar refractivity (Wildman–Crippen MR) is 98.5 cm³/mol. The number of carbonyl (C=O) groups is 1.